The van der Waals surface area contributed by atoms with Gasteiger partial charge in [0.1, 0.15) is 24.4 Å². The average molecular weight is 245 g/mol. The Labute approximate surface area is 98.0 Å². The van der Waals surface area contributed by atoms with E-state index in [1.807, 2.05) is 0 Å². The molecule has 0 aliphatic carbocycles. The Morgan fingerprint density at radius 1 is 1.35 bits per heavy atom. The second-order valence-electron chi connectivity index (χ2n) is 3.70. The summed E-state index contributed by atoms with van der Waals surface area (Å²) < 4.78 is 4.84. The minimum Gasteiger partial charge on any atom is -0.394 e. The first-order valence-corrected chi connectivity index (χ1v) is 5.04. The summed E-state index contributed by atoms with van der Waals surface area (Å²) >= 11 is 0. The summed E-state index contributed by atoms with van der Waals surface area (Å²) in [6, 6.07) is -1.19. The monoisotopic (exact) mass is 245 g/mol. The highest BCUT2D eigenvalue weighted by Gasteiger charge is 2.44. The number of carbonyl (C=O) groups excluding carboxylic acids is 1. The van der Waals surface area contributed by atoms with Crippen molar-refractivity contribution in [2.45, 2.75) is 37.1 Å². The van der Waals surface area contributed by atoms with Crippen LogP contribution in [-0.4, -0.2) is 63.6 Å². The van der Waals surface area contributed by atoms with Crippen LogP contribution < -0.4 is 5.32 Å². The number of hydrogen-bond donors (Lipinski definition) is 5. The van der Waals surface area contributed by atoms with Gasteiger partial charge in [0.25, 0.3) is 0 Å². The molecule has 0 aromatic rings. The highest BCUT2D eigenvalue weighted by Crippen LogP contribution is 2.19. The molecular formula is C10H15NO6. The molecule has 1 amide bonds. The normalized spacial score (nSPS) is 37.2. The Balaban J connectivity index is 2.67. The molecule has 1 saturated heterocycles. The number of rotatable bonds is 3. The van der Waals surface area contributed by atoms with Crippen molar-refractivity contribution in [3.05, 3.63) is 0 Å². The molecule has 0 saturated carbocycles. The Bertz CT molecular complexity index is 314. The Kier molecular flexibility index (Phi) is 4.86. The first kappa shape index (κ1) is 13.9. The molecule has 1 fully saturated rings. The number of terminal acetylenes is 1. The summed E-state index contributed by atoms with van der Waals surface area (Å²) in [6.07, 6.45) is -0.755. The lowest BCUT2D eigenvalue weighted by molar-refractivity contribution is -0.253. The molecule has 17 heavy (non-hydrogen) atoms. The summed E-state index contributed by atoms with van der Waals surface area (Å²) in [5, 5.41) is 39.8. The standard InChI is InChI=1S/C10H15NO6/c1-2-3-6(13)11-7-9(15)8(14)5(4-12)17-10(7)16/h1,5,7-10,12,14-16H,3-4H2,(H,11,13). The maximum Gasteiger partial charge on any atom is 0.232 e. The van der Waals surface area contributed by atoms with Crippen LogP contribution in [0.4, 0.5) is 0 Å². The van der Waals surface area contributed by atoms with Gasteiger partial charge in [0.15, 0.2) is 6.29 Å². The third-order valence-electron chi connectivity index (χ3n) is 2.49. The summed E-state index contributed by atoms with van der Waals surface area (Å²) in [5.74, 6) is 1.52. The van der Waals surface area contributed by atoms with Crippen molar-refractivity contribution in [2.24, 2.45) is 0 Å². The predicted octanol–water partition coefficient (Wildman–Crippen LogP) is -3.07. The van der Waals surface area contributed by atoms with E-state index in [4.69, 9.17) is 16.3 Å². The fourth-order valence-electron chi connectivity index (χ4n) is 1.58. The van der Waals surface area contributed by atoms with Gasteiger partial charge in [-0.3, -0.25) is 4.79 Å². The second-order valence-corrected chi connectivity index (χ2v) is 3.70. The molecule has 0 spiro atoms. The summed E-state index contributed by atoms with van der Waals surface area (Å²) in [4.78, 5) is 11.2. The molecule has 0 bridgehead atoms. The Hall–Kier alpha value is -1.17. The minimum absolute atomic E-state index is 0.213. The molecule has 7 nitrogen and oxygen atoms in total. The lowest BCUT2D eigenvalue weighted by Crippen LogP contribution is -2.64. The highest BCUT2D eigenvalue weighted by atomic mass is 16.6. The van der Waals surface area contributed by atoms with Crippen LogP contribution >= 0.6 is 0 Å². The van der Waals surface area contributed by atoms with Gasteiger partial charge >= 0.3 is 0 Å². The summed E-state index contributed by atoms with van der Waals surface area (Å²) in [6.45, 7) is -0.555. The number of aliphatic hydroxyl groups excluding tert-OH is 4. The zero-order chi connectivity index (χ0) is 13.0. The number of ether oxygens (including phenoxy) is 1. The van der Waals surface area contributed by atoms with E-state index in [0.29, 0.717) is 0 Å². The van der Waals surface area contributed by atoms with E-state index in [0.717, 1.165) is 0 Å². The Morgan fingerprint density at radius 3 is 2.53 bits per heavy atom. The van der Waals surface area contributed by atoms with Gasteiger partial charge in [0.05, 0.1) is 13.0 Å². The van der Waals surface area contributed by atoms with Crippen LogP contribution in [0.15, 0.2) is 0 Å². The second kappa shape index (κ2) is 5.95. The zero-order valence-corrected chi connectivity index (χ0v) is 8.98. The summed E-state index contributed by atoms with van der Waals surface area (Å²) in [7, 11) is 0. The lowest BCUT2D eigenvalue weighted by atomic mass is 9.97. The molecule has 5 atom stereocenters. The van der Waals surface area contributed by atoms with Crippen LogP contribution in [0.3, 0.4) is 0 Å². The van der Waals surface area contributed by atoms with Gasteiger partial charge in [-0.2, -0.15) is 0 Å². The quantitative estimate of drug-likeness (QED) is 0.336. The molecule has 0 aromatic carbocycles. The molecule has 1 aliphatic heterocycles. The van der Waals surface area contributed by atoms with E-state index in [9.17, 15) is 20.1 Å². The SMILES string of the molecule is C#CCC(=O)NC1C(O)OC(CO)C(O)C1O. The number of carbonyl (C=O) groups is 1. The molecular weight excluding hydrogens is 230 g/mol. The molecule has 1 aliphatic rings. The molecule has 1 rings (SSSR count). The van der Waals surface area contributed by atoms with Crippen molar-refractivity contribution in [2.75, 3.05) is 6.61 Å². The fraction of sp³-hybridized carbons (Fsp3) is 0.700. The molecule has 0 aromatic heterocycles. The van der Waals surface area contributed by atoms with E-state index in [1.54, 1.807) is 0 Å². The summed E-state index contributed by atoms with van der Waals surface area (Å²) in [5.41, 5.74) is 0. The van der Waals surface area contributed by atoms with E-state index in [2.05, 4.69) is 11.2 Å². The van der Waals surface area contributed by atoms with Crippen LogP contribution in [0.2, 0.25) is 0 Å². The van der Waals surface area contributed by atoms with Gasteiger partial charge in [0.2, 0.25) is 5.91 Å². The Morgan fingerprint density at radius 2 is 2.00 bits per heavy atom. The van der Waals surface area contributed by atoms with Gasteiger partial charge < -0.3 is 30.5 Å². The van der Waals surface area contributed by atoms with Gasteiger partial charge in [-0.1, -0.05) is 5.92 Å². The van der Waals surface area contributed by atoms with Crippen molar-refractivity contribution in [1.82, 2.24) is 5.32 Å². The van der Waals surface area contributed by atoms with E-state index in [-0.39, 0.29) is 6.42 Å². The number of aliphatic hydroxyl groups is 4. The highest BCUT2D eigenvalue weighted by molar-refractivity contribution is 5.78. The third kappa shape index (κ3) is 3.15. The third-order valence-corrected chi connectivity index (χ3v) is 2.49. The van der Waals surface area contributed by atoms with Crippen LogP contribution in [0.25, 0.3) is 0 Å². The van der Waals surface area contributed by atoms with Crippen molar-refractivity contribution in [1.29, 1.82) is 0 Å². The first-order chi connectivity index (χ1) is 8.01. The largest absolute Gasteiger partial charge is 0.394 e. The van der Waals surface area contributed by atoms with Crippen molar-refractivity contribution < 1.29 is 30.0 Å². The van der Waals surface area contributed by atoms with E-state index >= 15 is 0 Å². The van der Waals surface area contributed by atoms with Crippen LogP contribution in [0.5, 0.6) is 0 Å². The zero-order valence-electron chi connectivity index (χ0n) is 8.98. The van der Waals surface area contributed by atoms with E-state index < -0.39 is 43.2 Å². The molecule has 7 heteroatoms. The molecule has 0 radical (unpaired) electrons. The smallest absolute Gasteiger partial charge is 0.232 e. The van der Waals surface area contributed by atoms with Gasteiger partial charge in [-0.15, -0.1) is 6.42 Å². The van der Waals surface area contributed by atoms with Gasteiger partial charge in [0, 0.05) is 0 Å². The number of amides is 1. The maximum absolute atomic E-state index is 11.2. The van der Waals surface area contributed by atoms with Gasteiger partial charge in [-0.25, -0.2) is 0 Å². The van der Waals surface area contributed by atoms with Crippen molar-refractivity contribution >= 4 is 5.91 Å². The van der Waals surface area contributed by atoms with Crippen molar-refractivity contribution in [3.8, 4) is 12.3 Å². The molecule has 5 unspecified atom stereocenters. The molecule has 1 heterocycles. The number of nitrogens with one attached hydrogen (secondary N) is 1. The lowest BCUT2D eigenvalue weighted by Gasteiger charge is -2.40. The maximum atomic E-state index is 11.2. The average Bonchev–Trinajstić information content (AvgIpc) is 2.29. The predicted molar refractivity (Wildman–Crippen MR) is 55.4 cm³/mol. The van der Waals surface area contributed by atoms with Crippen molar-refractivity contribution in [3.63, 3.8) is 0 Å². The molecule has 96 valence electrons. The van der Waals surface area contributed by atoms with E-state index in [1.165, 1.54) is 0 Å². The first-order valence-electron chi connectivity index (χ1n) is 5.04. The van der Waals surface area contributed by atoms with Gasteiger partial charge in [-0.05, 0) is 0 Å². The van der Waals surface area contributed by atoms with Crippen LogP contribution in [0, 0.1) is 12.3 Å². The number of hydrogen-bond acceptors (Lipinski definition) is 6. The molecule has 5 N–H and O–H groups in total. The van der Waals surface area contributed by atoms with Crippen LogP contribution in [-0.2, 0) is 9.53 Å². The topological polar surface area (TPSA) is 119 Å². The minimum atomic E-state index is -1.52. The van der Waals surface area contributed by atoms with Crippen LogP contribution in [0.1, 0.15) is 6.42 Å². The fourth-order valence-corrected chi connectivity index (χ4v) is 1.58.